The summed E-state index contributed by atoms with van der Waals surface area (Å²) in [4.78, 5) is 28.2. The Balaban J connectivity index is 2.26. The highest BCUT2D eigenvalue weighted by Gasteiger charge is 2.17. The molecule has 1 aromatic carbocycles. The van der Waals surface area contributed by atoms with Gasteiger partial charge >= 0.3 is 0 Å². The number of amides is 1. The zero-order chi connectivity index (χ0) is 23.3. The Labute approximate surface area is 194 Å². The number of aromatic nitrogens is 1. The maximum absolute atomic E-state index is 13.4. The molecule has 0 saturated carbocycles. The van der Waals surface area contributed by atoms with Gasteiger partial charge in [0.25, 0.3) is 11.5 Å². The quantitative estimate of drug-likeness (QED) is 0.542. The summed E-state index contributed by atoms with van der Waals surface area (Å²) in [5, 5.41) is 12.5. The SMILES string of the molecule is COCCNC(=O)/C(C#N)=c1\s/c(=C\c2ccc(C)s2)c(=O)n1-c1ccc(C(C)C)cc1. The molecule has 1 N–H and O–H groups in total. The number of hydrogen-bond donors (Lipinski definition) is 1. The number of aryl methyl sites for hydroxylation is 1. The normalized spacial score (nSPS) is 12.7. The largest absolute Gasteiger partial charge is 0.383 e. The minimum absolute atomic E-state index is 0.0989. The van der Waals surface area contributed by atoms with Crippen molar-refractivity contribution >= 4 is 40.2 Å². The molecule has 32 heavy (non-hydrogen) atoms. The molecule has 0 unspecified atom stereocenters. The van der Waals surface area contributed by atoms with Crippen molar-refractivity contribution in [1.29, 1.82) is 5.26 Å². The van der Waals surface area contributed by atoms with Crippen LogP contribution in [0, 0.1) is 18.3 Å². The lowest BCUT2D eigenvalue weighted by atomic mass is 10.0. The third-order valence-electron chi connectivity index (χ3n) is 4.82. The Hall–Kier alpha value is -2.99. The molecule has 1 amide bonds. The summed E-state index contributed by atoms with van der Waals surface area (Å²) in [5.41, 5.74) is 1.40. The van der Waals surface area contributed by atoms with Gasteiger partial charge in [-0.25, -0.2) is 0 Å². The molecule has 3 aromatic rings. The molecule has 0 aliphatic heterocycles. The zero-order valence-corrected chi connectivity index (χ0v) is 20.1. The van der Waals surface area contributed by atoms with Crippen LogP contribution in [0.25, 0.3) is 17.3 Å². The molecule has 0 radical (unpaired) electrons. The molecule has 0 fully saturated rings. The van der Waals surface area contributed by atoms with Crippen molar-refractivity contribution in [2.75, 3.05) is 20.3 Å². The Bertz CT molecular complexity index is 1320. The van der Waals surface area contributed by atoms with Gasteiger partial charge in [-0.05, 0) is 48.7 Å². The van der Waals surface area contributed by atoms with Gasteiger partial charge in [-0.3, -0.25) is 14.2 Å². The van der Waals surface area contributed by atoms with Crippen LogP contribution < -0.4 is 20.1 Å². The highest BCUT2D eigenvalue weighted by Crippen LogP contribution is 2.17. The standard InChI is InChI=1S/C24H25N3O3S2/c1-15(2)17-6-8-18(9-7-17)27-23(29)21(13-19-10-5-16(3)31-19)32-24(27)20(14-25)22(28)26-11-12-30-4/h5-10,13,15H,11-12H2,1-4H3,(H,26,28)/b21-13-,24-20-. The maximum atomic E-state index is 13.4. The van der Waals surface area contributed by atoms with Crippen molar-refractivity contribution in [3.05, 3.63) is 71.3 Å². The number of carbonyl (C=O) groups is 1. The van der Waals surface area contributed by atoms with Crippen molar-refractivity contribution in [3.63, 3.8) is 0 Å². The zero-order valence-electron chi connectivity index (χ0n) is 18.5. The van der Waals surface area contributed by atoms with Crippen LogP contribution >= 0.6 is 22.7 Å². The average molecular weight is 468 g/mol. The summed E-state index contributed by atoms with van der Waals surface area (Å²) in [6.45, 7) is 6.79. The highest BCUT2D eigenvalue weighted by atomic mass is 32.1. The van der Waals surface area contributed by atoms with Crippen LogP contribution in [0.2, 0.25) is 0 Å². The first-order valence-corrected chi connectivity index (χ1v) is 11.8. The second-order valence-electron chi connectivity index (χ2n) is 7.49. The lowest BCUT2D eigenvalue weighted by molar-refractivity contribution is -0.115. The van der Waals surface area contributed by atoms with E-state index >= 15 is 0 Å². The van der Waals surface area contributed by atoms with Gasteiger partial charge in [0.1, 0.15) is 10.7 Å². The lowest BCUT2D eigenvalue weighted by Crippen LogP contribution is -2.34. The van der Waals surface area contributed by atoms with Crippen LogP contribution in [0.3, 0.4) is 0 Å². The number of nitrogens with zero attached hydrogens (tertiary/aromatic N) is 2. The van der Waals surface area contributed by atoms with E-state index in [9.17, 15) is 14.9 Å². The van der Waals surface area contributed by atoms with Crippen molar-refractivity contribution in [2.24, 2.45) is 0 Å². The smallest absolute Gasteiger partial charge is 0.273 e. The number of nitriles is 1. The molecule has 0 saturated heterocycles. The Morgan fingerprint density at radius 1 is 1.22 bits per heavy atom. The van der Waals surface area contributed by atoms with E-state index in [-0.39, 0.29) is 17.7 Å². The first kappa shape index (κ1) is 23.7. The fourth-order valence-corrected chi connectivity index (χ4v) is 5.09. The van der Waals surface area contributed by atoms with Crippen molar-refractivity contribution in [2.45, 2.75) is 26.7 Å². The van der Waals surface area contributed by atoms with Gasteiger partial charge in [-0.1, -0.05) is 26.0 Å². The number of methoxy groups -OCH3 is 1. The first-order valence-electron chi connectivity index (χ1n) is 10.2. The molecule has 0 spiro atoms. The predicted octanol–water partition coefficient (Wildman–Crippen LogP) is 2.66. The highest BCUT2D eigenvalue weighted by molar-refractivity contribution is 7.13. The van der Waals surface area contributed by atoms with E-state index in [0.29, 0.717) is 27.4 Å². The monoisotopic (exact) mass is 467 g/mol. The third-order valence-corrected chi connectivity index (χ3v) is 6.86. The molecule has 0 atom stereocenters. The van der Waals surface area contributed by atoms with Gasteiger partial charge in [-0.2, -0.15) is 5.26 Å². The number of nitrogens with one attached hydrogen (secondary N) is 1. The van der Waals surface area contributed by atoms with Crippen LogP contribution in [-0.2, 0) is 9.53 Å². The van der Waals surface area contributed by atoms with Gasteiger partial charge in [0.05, 0.1) is 16.8 Å². The van der Waals surface area contributed by atoms with Crippen molar-refractivity contribution in [3.8, 4) is 11.8 Å². The van der Waals surface area contributed by atoms with E-state index in [4.69, 9.17) is 4.74 Å². The lowest BCUT2D eigenvalue weighted by Gasteiger charge is -2.08. The molecule has 0 aliphatic rings. The first-order chi connectivity index (χ1) is 15.3. The minimum Gasteiger partial charge on any atom is -0.383 e. The number of ether oxygens (including phenoxy) is 1. The maximum Gasteiger partial charge on any atom is 0.273 e. The second-order valence-corrected chi connectivity index (χ2v) is 9.84. The fourth-order valence-electron chi connectivity index (χ4n) is 3.10. The molecule has 2 aromatic heterocycles. The number of benzene rings is 1. The summed E-state index contributed by atoms with van der Waals surface area (Å²) in [6.07, 6.45) is 1.81. The Morgan fingerprint density at radius 3 is 2.50 bits per heavy atom. The summed E-state index contributed by atoms with van der Waals surface area (Å²) >= 11 is 2.73. The van der Waals surface area contributed by atoms with Gasteiger partial charge < -0.3 is 10.1 Å². The molecular weight excluding hydrogens is 442 g/mol. The molecule has 0 aliphatic carbocycles. The van der Waals surface area contributed by atoms with Gasteiger partial charge in [0.15, 0.2) is 5.57 Å². The van der Waals surface area contributed by atoms with Crippen LogP contribution in [0.1, 0.15) is 35.1 Å². The van der Waals surface area contributed by atoms with Crippen molar-refractivity contribution in [1.82, 2.24) is 9.88 Å². The van der Waals surface area contributed by atoms with Crippen LogP contribution in [0.15, 0.2) is 41.2 Å². The molecule has 6 nitrogen and oxygen atoms in total. The minimum atomic E-state index is -0.531. The summed E-state index contributed by atoms with van der Waals surface area (Å²) < 4.78 is 7.19. The van der Waals surface area contributed by atoms with Gasteiger partial charge in [-0.15, -0.1) is 22.7 Å². The van der Waals surface area contributed by atoms with Gasteiger partial charge in [0.2, 0.25) is 0 Å². The van der Waals surface area contributed by atoms with E-state index < -0.39 is 5.91 Å². The summed E-state index contributed by atoms with van der Waals surface area (Å²) in [7, 11) is 1.53. The van der Waals surface area contributed by atoms with E-state index in [2.05, 4.69) is 19.2 Å². The van der Waals surface area contributed by atoms with E-state index in [1.807, 2.05) is 55.5 Å². The summed E-state index contributed by atoms with van der Waals surface area (Å²) in [5.74, 6) is -0.182. The number of rotatable bonds is 7. The number of carbonyl (C=O) groups excluding carboxylic acids is 1. The van der Waals surface area contributed by atoms with E-state index in [1.165, 1.54) is 11.7 Å². The summed E-state index contributed by atoms with van der Waals surface area (Å²) in [6, 6.07) is 13.6. The molecular formula is C24H25N3O3S2. The topological polar surface area (TPSA) is 84.1 Å². The fraction of sp³-hybridized carbons (Fsp3) is 0.292. The van der Waals surface area contributed by atoms with Crippen LogP contribution in [0.4, 0.5) is 0 Å². The molecule has 8 heteroatoms. The Kier molecular flexibility index (Phi) is 7.80. The Morgan fingerprint density at radius 2 is 1.94 bits per heavy atom. The van der Waals surface area contributed by atoms with Crippen molar-refractivity contribution < 1.29 is 9.53 Å². The molecule has 0 bridgehead atoms. The number of thiophene rings is 1. The van der Waals surface area contributed by atoms with Crippen LogP contribution in [0.5, 0.6) is 0 Å². The second kappa shape index (κ2) is 10.6. The molecule has 3 rings (SSSR count). The van der Waals surface area contributed by atoms with E-state index in [0.717, 1.165) is 26.7 Å². The van der Waals surface area contributed by atoms with Crippen LogP contribution in [-0.4, -0.2) is 30.7 Å². The van der Waals surface area contributed by atoms with E-state index in [1.54, 1.807) is 11.3 Å². The third kappa shape index (κ3) is 5.25. The molecule has 166 valence electrons. The predicted molar refractivity (Wildman–Crippen MR) is 130 cm³/mol. The molecule has 2 heterocycles. The number of hydrogen-bond acceptors (Lipinski definition) is 6. The number of thiazole rings is 1. The average Bonchev–Trinajstić information content (AvgIpc) is 3.32. The van der Waals surface area contributed by atoms with Gasteiger partial charge in [0, 0.05) is 23.4 Å².